The van der Waals surface area contributed by atoms with Crippen LogP contribution in [0.15, 0.2) is 22.7 Å². The average molecular weight is 360 g/mol. The highest BCUT2D eigenvalue weighted by atomic mass is 79.9. The van der Waals surface area contributed by atoms with Crippen LogP contribution in [0, 0.1) is 5.92 Å². The average Bonchev–Trinajstić information content (AvgIpc) is 2.45. The summed E-state index contributed by atoms with van der Waals surface area (Å²) in [6.07, 6.45) is 0. The molecule has 0 saturated heterocycles. The summed E-state index contributed by atoms with van der Waals surface area (Å²) < 4.78 is 17.4. The first-order valence-electron chi connectivity index (χ1n) is 7.32. The van der Waals surface area contributed by atoms with E-state index in [9.17, 15) is 0 Å². The molecule has 1 aromatic carbocycles. The molecule has 0 saturated carbocycles. The molecule has 0 aliphatic heterocycles. The maximum Gasteiger partial charge on any atom is 0.138 e. The molecule has 0 bridgehead atoms. The van der Waals surface area contributed by atoms with Crippen molar-refractivity contribution in [1.82, 2.24) is 5.32 Å². The maximum absolute atomic E-state index is 5.86. The quantitative estimate of drug-likeness (QED) is 0.615. The molecule has 0 heterocycles. The van der Waals surface area contributed by atoms with Gasteiger partial charge >= 0.3 is 0 Å². The first kappa shape index (κ1) is 18.4. The smallest absolute Gasteiger partial charge is 0.138 e. The van der Waals surface area contributed by atoms with E-state index in [2.05, 4.69) is 41.2 Å². The Bertz CT molecular complexity index is 399. The number of nitrogens with one attached hydrogen (secondary N) is 1. The van der Waals surface area contributed by atoms with Crippen molar-refractivity contribution in [2.24, 2.45) is 5.92 Å². The second-order valence-electron chi connectivity index (χ2n) is 5.21. The van der Waals surface area contributed by atoms with Gasteiger partial charge in [0.2, 0.25) is 0 Å². The molecule has 1 N–H and O–H groups in total. The zero-order chi connectivity index (χ0) is 15.5. The third-order valence-corrected chi connectivity index (χ3v) is 3.40. The van der Waals surface area contributed by atoms with Crippen LogP contribution >= 0.6 is 15.9 Å². The topological polar surface area (TPSA) is 39.7 Å². The number of rotatable bonds is 11. The highest BCUT2D eigenvalue weighted by Crippen LogP contribution is 2.29. The van der Waals surface area contributed by atoms with Crippen molar-refractivity contribution in [3.05, 3.63) is 28.2 Å². The van der Waals surface area contributed by atoms with Gasteiger partial charge in [0.25, 0.3) is 0 Å². The minimum atomic E-state index is 0.550. The van der Waals surface area contributed by atoms with Crippen molar-refractivity contribution in [1.29, 1.82) is 0 Å². The highest BCUT2D eigenvalue weighted by molar-refractivity contribution is 9.10. The van der Waals surface area contributed by atoms with Crippen LogP contribution in [0.3, 0.4) is 0 Å². The Balaban J connectivity index is 2.43. The summed E-state index contributed by atoms with van der Waals surface area (Å²) in [5, 5.41) is 3.33. The summed E-state index contributed by atoms with van der Waals surface area (Å²) in [4.78, 5) is 0. The number of ether oxygens (including phenoxy) is 3. The van der Waals surface area contributed by atoms with Crippen LogP contribution in [0.2, 0.25) is 0 Å². The van der Waals surface area contributed by atoms with E-state index >= 15 is 0 Å². The van der Waals surface area contributed by atoms with E-state index in [0.717, 1.165) is 35.5 Å². The standard InChI is InChI=1S/C16H26BrNO3/c1-13(2)12-20-9-10-21-16-14(5-4-6-15(16)17)11-18-7-8-19-3/h4-6,13,18H,7-12H2,1-3H3. The highest BCUT2D eigenvalue weighted by Gasteiger charge is 2.08. The first-order chi connectivity index (χ1) is 10.1. The molecule has 21 heavy (non-hydrogen) atoms. The zero-order valence-electron chi connectivity index (χ0n) is 13.2. The fourth-order valence-corrected chi connectivity index (χ4v) is 2.30. The van der Waals surface area contributed by atoms with Gasteiger partial charge in [-0.3, -0.25) is 0 Å². The molecular weight excluding hydrogens is 334 g/mol. The molecule has 0 unspecified atom stereocenters. The van der Waals surface area contributed by atoms with Crippen molar-refractivity contribution in [3.63, 3.8) is 0 Å². The SMILES string of the molecule is COCCNCc1cccc(Br)c1OCCOCC(C)C. The summed E-state index contributed by atoms with van der Waals surface area (Å²) in [6.45, 7) is 8.48. The summed E-state index contributed by atoms with van der Waals surface area (Å²) in [5.41, 5.74) is 1.13. The van der Waals surface area contributed by atoms with Gasteiger partial charge < -0.3 is 19.5 Å². The second-order valence-corrected chi connectivity index (χ2v) is 6.07. The van der Waals surface area contributed by atoms with Gasteiger partial charge in [-0.15, -0.1) is 0 Å². The Labute approximate surface area is 136 Å². The minimum Gasteiger partial charge on any atom is -0.490 e. The van der Waals surface area contributed by atoms with Crippen molar-refractivity contribution in [3.8, 4) is 5.75 Å². The van der Waals surface area contributed by atoms with Gasteiger partial charge in [-0.1, -0.05) is 26.0 Å². The number of benzene rings is 1. The van der Waals surface area contributed by atoms with E-state index in [1.165, 1.54) is 0 Å². The van der Waals surface area contributed by atoms with E-state index < -0.39 is 0 Å². The third kappa shape index (κ3) is 7.81. The fourth-order valence-electron chi connectivity index (χ4n) is 1.77. The van der Waals surface area contributed by atoms with Crippen molar-refractivity contribution in [2.75, 3.05) is 40.1 Å². The number of para-hydroxylation sites is 1. The predicted molar refractivity (Wildman–Crippen MR) is 88.9 cm³/mol. The normalized spacial score (nSPS) is 11.1. The van der Waals surface area contributed by atoms with Crippen molar-refractivity contribution >= 4 is 15.9 Å². The van der Waals surface area contributed by atoms with Gasteiger partial charge in [0.1, 0.15) is 12.4 Å². The van der Waals surface area contributed by atoms with Crippen LogP contribution < -0.4 is 10.1 Å². The van der Waals surface area contributed by atoms with Crippen LogP contribution in [0.4, 0.5) is 0 Å². The minimum absolute atomic E-state index is 0.550. The lowest BCUT2D eigenvalue weighted by Gasteiger charge is -2.14. The molecule has 0 aliphatic rings. The van der Waals surface area contributed by atoms with E-state index in [4.69, 9.17) is 14.2 Å². The van der Waals surface area contributed by atoms with E-state index in [-0.39, 0.29) is 0 Å². The molecule has 0 amide bonds. The molecule has 0 radical (unpaired) electrons. The van der Waals surface area contributed by atoms with Gasteiger partial charge in [0, 0.05) is 32.4 Å². The summed E-state index contributed by atoms with van der Waals surface area (Å²) in [5.74, 6) is 1.43. The number of methoxy groups -OCH3 is 1. The van der Waals surface area contributed by atoms with Crippen molar-refractivity contribution in [2.45, 2.75) is 20.4 Å². The van der Waals surface area contributed by atoms with Crippen LogP contribution in [0.25, 0.3) is 0 Å². The Morgan fingerprint density at radius 2 is 2.00 bits per heavy atom. The first-order valence-corrected chi connectivity index (χ1v) is 8.12. The molecule has 4 nitrogen and oxygen atoms in total. The van der Waals surface area contributed by atoms with E-state index in [0.29, 0.717) is 25.7 Å². The van der Waals surface area contributed by atoms with Gasteiger partial charge in [0.15, 0.2) is 0 Å². The molecule has 0 fully saturated rings. The van der Waals surface area contributed by atoms with Gasteiger partial charge in [-0.05, 0) is 27.9 Å². The fraction of sp³-hybridized carbons (Fsp3) is 0.625. The van der Waals surface area contributed by atoms with Crippen LogP contribution in [-0.4, -0.2) is 40.1 Å². The van der Waals surface area contributed by atoms with E-state index in [1.807, 2.05) is 12.1 Å². The Morgan fingerprint density at radius 3 is 2.71 bits per heavy atom. The largest absolute Gasteiger partial charge is 0.490 e. The van der Waals surface area contributed by atoms with Gasteiger partial charge in [-0.2, -0.15) is 0 Å². The van der Waals surface area contributed by atoms with Gasteiger partial charge in [0.05, 0.1) is 17.7 Å². The Hall–Kier alpha value is -0.620. The summed E-state index contributed by atoms with van der Waals surface area (Å²) in [7, 11) is 1.70. The summed E-state index contributed by atoms with van der Waals surface area (Å²) in [6, 6.07) is 6.07. The lowest BCUT2D eigenvalue weighted by molar-refractivity contribution is 0.0814. The molecule has 120 valence electrons. The lowest BCUT2D eigenvalue weighted by Crippen LogP contribution is -2.19. The molecule has 0 aromatic heterocycles. The third-order valence-electron chi connectivity index (χ3n) is 2.77. The van der Waals surface area contributed by atoms with Crippen LogP contribution in [0.1, 0.15) is 19.4 Å². The van der Waals surface area contributed by atoms with Crippen molar-refractivity contribution < 1.29 is 14.2 Å². The molecule has 1 rings (SSSR count). The lowest BCUT2D eigenvalue weighted by atomic mass is 10.2. The Kier molecular flexibility index (Phi) is 9.67. The molecule has 0 aliphatic carbocycles. The monoisotopic (exact) mass is 359 g/mol. The molecular formula is C16H26BrNO3. The number of hydrogen-bond donors (Lipinski definition) is 1. The molecule has 1 aromatic rings. The van der Waals surface area contributed by atoms with Gasteiger partial charge in [-0.25, -0.2) is 0 Å². The van der Waals surface area contributed by atoms with Crippen LogP contribution in [0.5, 0.6) is 5.75 Å². The van der Waals surface area contributed by atoms with E-state index in [1.54, 1.807) is 7.11 Å². The number of halogens is 1. The zero-order valence-corrected chi connectivity index (χ0v) is 14.7. The number of hydrogen-bond acceptors (Lipinski definition) is 4. The predicted octanol–water partition coefficient (Wildman–Crippen LogP) is 3.24. The second kappa shape index (κ2) is 11.0. The Morgan fingerprint density at radius 1 is 1.19 bits per heavy atom. The molecule has 0 atom stereocenters. The molecule has 5 heteroatoms. The summed E-state index contributed by atoms with van der Waals surface area (Å²) >= 11 is 3.54. The van der Waals surface area contributed by atoms with Crippen LogP contribution in [-0.2, 0) is 16.0 Å². The molecule has 0 spiro atoms. The maximum atomic E-state index is 5.86.